The Morgan fingerprint density at radius 2 is 2.00 bits per heavy atom. The van der Waals surface area contributed by atoms with Crippen molar-refractivity contribution in [3.8, 4) is 0 Å². The van der Waals surface area contributed by atoms with Gasteiger partial charge in [0.05, 0.1) is 12.2 Å². The van der Waals surface area contributed by atoms with Crippen LogP contribution in [0.5, 0.6) is 0 Å². The van der Waals surface area contributed by atoms with Gasteiger partial charge in [0.25, 0.3) is 5.92 Å². The second kappa shape index (κ2) is 6.83. The van der Waals surface area contributed by atoms with Gasteiger partial charge in [0, 0.05) is 36.9 Å². The molecule has 116 valence electrons. The maximum absolute atomic E-state index is 13.1. The number of benzene rings is 1. The van der Waals surface area contributed by atoms with Crippen molar-refractivity contribution in [2.45, 2.75) is 32.2 Å². The molecule has 1 saturated heterocycles. The smallest absolute Gasteiger partial charge is 0.338 e. The van der Waals surface area contributed by atoms with Crippen LogP contribution >= 0.6 is 15.9 Å². The summed E-state index contributed by atoms with van der Waals surface area (Å²) >= 11 is 3.37. The second-order valence-electron chi connectivity index (χ2n) is 5.20. The maximum atomic E-state index is 13.1. The van der Waals surface area contributed by atoms with E-state index in [1.807, 2.05) is 11.0 Å². The largest absolute Gasteiger partial charge is 0.462 e. The van der Waals surface area contributed by atoms with Crippen molar-refractivity contribution >= 4 is 21.9 Å². The molecule has 0 aliphatic carbocycles. The third-order valence-electron chi connectivity index (χ3n) is 3.46. The quantitative estimate of drug-likeness (QED) is 0.762. The Morgan fingerprint density at radius 3 is 2.62 bits per heavy atom. The first-order valence-corrected chi connectivity index (χ1v) is 7.76. The first-order chi connectivity index (χ1) is 9.89. The van der Waals surface area contributed by atoms with Crippen LogP contribution in [0.15, 0.2) is 22.7 Å². The van der Waals surface area contributed by atoms with Crippen LogP contribution < -0.4 is 0 Å². The van der Waals surface area contributed by atoms with Crippen LogP contribution in [0, 0.1) is 0 Å². The fraction of sp³-hybridized carbons (Fsp3) is 0.533. The van der Waals surface area contributed by atoms with Crippen LogP contribution in [0.25, 0.3) is 0 Å². The molecular weight excluding hydrogens is 344 g/mol. The number of esters is 1. The van der Waals surface area contributed by atoms with Crippen LogP contribution in [0.4, 0.5) is 8.78 Å². The molecule has 21 heavy (non-hydrogen) atoms. The van der Waals surface area contributed by atoms with Gasteiger partial charge in [-0.2, -0.15) is 0 Å². The molecule has 1 fully saturated rings. The van der Waals surface area contributed by atoms with Crippen LogP contribution in [0.3, 0.4) is 0 Å². The van der Waals surface area contributed by atoms with E-state index in [0.717, 1.165) is 10.0 Å². The highest BCUT2D eigenvalue weighted by molar-refractivity contribution is 9.10. The minimum absolute atomic E-state index is 0.105. The van der Waals surface area contributed by atoms with E-state index in [2.05, 4.69) is 15.9 Å². The topological polar surface area (TPSA) is 29.5 Å². The molecule has 0 saturated carbocycles. The van der Waals surface area contributed by atoms with E-state index in [1.165, 1.54) is 0 Å². The molecule has 1 aromatic rings. The first kappa shape index (κ1) is 16.4. The molecule has 0 unspecified atom stereocenters. The van der Waals surface area contributed by atoms with Crippen LogP contribution in [-0.4, -0.2) is 36.5 Å². The van der Waals surface area contributed by atoms with Crippen molar-refractivity contribution in [3.63, 3.8) is 0 Å². The number of hydrogen-bond donors (Lipinski definition) is 0. The predicted molar refractivity (Wildman–Crippen MR) is 79.6 cm³/mol. The van der Waals surface area contributed by atoms with Gasteiger partial charge in [0.1, 0.15) is 0 Å². The molecule has 1 aromatic carbocycles. The van der Waals surface area contributed by atoms with Crippen molar-refractivity contribution in [1.29, 1.82) is 0 Å². The Balaban J connectivity index is 2.05. The summed E-state index contributed by atoms with van der Waals surface area (Å²) in [5.41, 5.74) is 1.39. The summed E-state index contributed by atoms with van der Waals surface area (Å²) in [6.07, 6.45) is -0.211. The van der Waals surface area contributed by atoms with E-state index >= 15 is 0 Å². The van der Waals surface area contributed by atoms with E-state index in [9.17, 15) is 13.6 Å². The average Bonchev–Trinajstić information content (AvgIpc) is 2.41. The predicted octanol–water partition coefficient (Wildman–Crippen LogP) is 3.86. The minimum atomic E-state index is -2.54. The SMILES string of the molecule is CCOC(=O)c1cc(Br)cc(CN2CCC(F)(F)CC2)c1. The summed E-state index contributed by atoms with van der Waals surface area (Å²) in [5.74, 6) is -2.91. The molecular formula is C15H18BrF2NO2. The van der Waals surface area contributed by atoms with E-state index in [1.54, 1.807) is 19.1 Å². The fourth-order valence-corrected chi connectivity index (χ4v) is 2.91. The van der Waals surface area contributed by atoms with Gasteiger partial charge in [0.2, 0.25) is 0 Å². The van der Waals surface area contributed by atoms with Crippen molar-refractivity contribution in [2.24, 2.45) is 0 Å². The Bertz CT molecular complexity index is 512. The lowest BCUT2D eigenvalue weighted by molar-refractivity contribution is -0.0566. The summed E-state index contributed by atoms with van der Waals surface area (Å²) in [7, 11) is 0. The normalized spacial score (nSPS) is 18.5. The minimum Gasteiger partial charge on any atom is -0.462 e. The highest BCUT2D eigenvalue weighted by Crippen LogP contribution is 2.28. The molecule has 0 spiro atoms. The zero-order valence-corrected chi connectivity index (χ0v) is 13.5. The van der Waals surface area contributed by atoms with E-state index in [-0.39, 0.29) is 18.8 Å². The van der Waals surface area contributed by atoms with Gasteiger partial charge >= 0.3 is 5.97 Å². The summed E-state index contributed by atoms with van der Waals surface area (Å²) < 4.78 is 32.0. The lowest BCUT2D eigenvalue weighted by Crippen LogP contribution is -2.38. The fourth-order valence-electron chi connectivity index (χ4n) is 2.37. The Kier molecular flexibility index (Phi) is 5.32. The monoisotopic (exact) mass is 361 g/mol. The standard InChI is InChI=1S/C15H18BrF2NO2/c1-2-21-14(20)12-7-11(8-13(16)9-12)10-19-5-3-15(17,18)4-6-19/h7-9H,2-6,10H2,1H3. The number of likely N-dealkylation sites (tertiary alicyclic amines) is 1. The van der Waals surface area contributed by atoms with Crippen molar-refractivity contribution in [2.75, 3.05) is 19.7 Å². The van der Waals surface area contributed by atoms with Gasteiger partial charge in [-0.3, -0.25) is 4.90 Å². The van der Waals surface area contributed by atoms with Gasteiger partial charge < -0.3 is 4.74 Å². The molecule has 0 aromatic heterocycles. The van der Waals surface area contributed by atoms with Gasteiger partial charge in [0.15, 0.2) is 0 Å². The van der Waals surface area contributed by atoms with Crippen molar-refractivity contribution < 1.29 is 18.3 Å². The summed E-state index contributed by atoms with van der Waals surface area (Å²) in [4.78, 5) is 13.8. The molecule has 0 bridgehead atoms. The van der Waals surface area contributed by atoms with Gasteiger partial charge in [-0.05, 0) is 30.7 Å². The zero-order valence-electron chi connectivity index (χ0n) is 11.9. The van der Waals surface area contributed by atoms with Gasteiger partial charge in [-0.15, -0.1) is 0 Å². The number of alkyl halides is 2. The number of nitrogens with zero attached hydrogens (tertiary/aromatic N) is 1. The third kappa shape index (κ3) is 4.74. The highest BCUT2D eigenvalue weighted by atomic mass is 79.9. The van der Waals surface area contributed by atoms with Crippen molar-refractivity contribution in [1.82, 2.24) is 4.90 Å². The molecule has 0 radical (unpaired) electrons. The molecule has 0 N–H and O–H groups in total. The molecule has 1 heterocycles. The Labute approximate surface area is 131 Å². The molecule has 3 nitrogen and oxygen atoms in total. The van der Waals surface area contributed by atoms with E-state index in [0.29, 0.717) is 31.8 Å². The molecule has 1 aliphatic heterocycles. The Hall–Kier alpha value is -1.01. The average molecular weight is 362 g/mol. The number of hydrogen-bond acceptors (Lipinski definition) is 3. The van der Waals surface area contributed by atoms with Gasteiger partial charge in [-0.1, -0.05) is 15.9 Å². The number of carbonyl (C=O) groups excluding carboxylic acids is 1. The number of rotatable bonds is 4. The molecule has 2 rings (SSSR count). The highest BCUT2D eigenvalue weighted by Gasteiger charge is 2.33. The maximum Gasteiger partial charge on any atom is 0.338 e. The van der Waals surface area contributed by atoms with Crippen LogP contribution in [0.1, 0.15) is 35.7 Å². The molecule has 0 amide bonds. The Morgan fingerprint density at radius 1 is 1.33 bits per heavy atom. The number of carbonyl (C=O) groups is 1. The summed E-state index contributed by atoms with van der Waals surface area (Å²) in [6, 6.07) is 5.36. The summed E-state index contributed by atoms with van der Waals surface area (Å²) in [6.45, 7) is 3.37. The van der Waals surface area contributed by atoms with Crippen molar-refractivity contribution in [3.05, 3.63) is 33.8 Å². The molecule has 0 atom stereocenters. The number of ether oxygens (including phenoxy) is 1. The molecule has 1 aliphatic rings. The van der Waals surface area contributed by atoms with E-state index < -0.39 is 5.92 Å². The summed E-state index contributed by atoms with van der Waals surface area (Å²) in [5, 5.41) is 0. The lowest BCUT2D eigenvalue weighted by atomic mass is 10.1. The van der Waals surface area contributed by atoms with Crippen LogP contribution in [-0.2, 0) is 11.3 Å². The van der Waals surface area contributed by atoms with Gasteiger partial charge in [-0.25, -0.2) is 13.6 Å². The van der Waals surface area contributed by atoms with E-state index in [4.69, 9.17) is 4.74 Å². The number of halogens is 3. The van der Waals surface area contributed by atoms with Crippen LogP contribution in [0.2, 0.25) is 0 Å². The third-order valence-corrected chi connectivity index (χ3v) is 3.92. The lowest BCUT2D eigenvalue weighted by Gasteiger charge is -2.31. The first-order valence-electron chi connectivity index (χ1n) is 6.96. The zero-order chi connectivity index (χ0) is 15.5. The molecule has 6 heteroatoms. The second-order valence-corrected chi connectivity index (χ2v) is 6.12. The number of piperidine rings is 1.